The van der Waals surface area contributed by atoms with Crippen molar-refractivity contribution in [3.05, 3.63) is 47.0 Å². The summed E-state index contributed by atoms with van der Waals surface area (Å²) in [7, 11) is 1.44. The lowest BCUT2D eigenvalue weighted by Crippen LogP contribution is -2.37. The molecule has 0 spiro atoms. The summed E-state index contributed by atoms with van der Waals surface area (Å²) >= 11 is 1.25. The van der Waals surface area contributed by atoms with E-state index >= 15 is 0 Å². The van der Waals surface area contributed by atoms with Crippen molar-refractivity contribution in [1.29, 1.82) is 5.26 Å². The van der Waals surface area contributed by atoms with Crippen molar-refractivity contribution in [2.75, 3.05) is 20.2 Å². The summed E-state index contributed by atoms with van der Waals surface area (Å²) in [5.41, 5.74) is 1.39. The van der Waals surface area contributed by atoms with Crippen LogP contribution in [0.25, 0.3) is 21.3 Å². The first-order chi connectivity index (χ1) is 14.4. The second kappa shape index (κ2) is 9.28. The van der Waals surface area contributed by atoms with Gasteiger partial charge in [-0.25, -0.2) is 13.8 Å². The lowest BCUT2D eigenvalue weighted by molar-refractivity contribution is -0.125. The van der Waals surface area contributed by atoms with Crippen molar-refractivity contribution in [3.8, 4) is 22.9 Å². The predicted molar refractivity (Wildman–Crippen MR) is 107 cm³/mol. The van der Waals surface area contributed by atoms with Crippen LogP contribution in [-0.2, 0) is 16.0 Å². The van der Waals surface area contributed by atoms with Gasteiger partial charge < -0.3 is 15.4 Å². The van der Waals surface area contributed by atoms with Crippen LogP contribution in [-0.4, -0.2) is 37.0 Å². The molecule has 0 aliphatic heterocycles. The molecule has 0 saturated carbocycles. The Morgan fingerprint density at radius 1 is 1.13 bits per heavy atom. The molecule has 0 radical (unpaired) electrons. The van der Waals surface area contributed by atoms with Crippen molar-refractivity contribution >= 4 is 33.4 Å². The van der Waals surface area contributed by atoms with Gasteiger partial charge in [0.2, 0.25) is 11.8 Å². The van der Waals surface area contributed by atoms with E-state index in [1.807, 2.05) is 0 Å². The minimum absolute atomic E-state index is 0.0445. The number of carbonyl (C=O) groups excluding carboxylic acids is 2. The smallest absolute Gasteiger partial charge is 0.240 e. The first-order valence-corrected chi connectivity index (χ1v) is 9.55. The van der Waals surface area contributed by atoms with Gasteiger partial charge in [0.1, 0.15) is 28.9 Å². The molecule has 2 aromatic carbocycles. The van der Waals surface area contributed by atoms with E-state index in [-0.39, 0.29) is 19.5 Å². The Bertz CT molecular complexity index is 1140. The molecule has 30 heavy (non-hydrogen) atoms. The molecule has 10 heteroatoms. The van der Waals surface area contributed by atoms with E-state index in [1.54, 1.807) is 18.2 Å². The van der Waals surface area contributed by atoms with Crippen molar-refractivity contribution in [3.63, 3.8) is 0 Å². The van der Waals surface area contributed by atoms with Gasteiger partial charge in [-0.2, -0.15) is 5.26 Å². The van der Waals surface area contributed by atoms with Gasteiger partial charge in [0.25, 0.3) is 0 Å². The van der Waals surface area contributed by atoms with Gasteiger partial charge in [-0.05, 0) is 23.8 Å². The monoisotopic (exact) mass is 430 g/mol. The van der Waals surface area contributed by atoms with Crippen LogP contribution in [0.5, 0.6) is 5.75 Å². The zero-order chi connectivity index (χ0) is 21.7. The largest absolute Gasteiger partial charge is 0.496 e. The summed E-state index contributed by atoms with van der Waals surface area (Å²) in [5.74, 6) is -1.88. The third-order valence-electron chi connectivity index (χ3n) is 4.05. The van der Waals surface area contributed by atoms with Crippen molar-refractivity contribution < 1.29 is 23.1 Å². The number of thiazole rings is 1. The molecule has 3 rings (SSSR count). The molecule has 0 bridgehead atoms. The molecule has 0 saturated heterocycles. The van der Waals surface area contributed by atoms with Crippen LogP contribution < -0.4 is 15.4 Å². The highest BCUT2D eigenvalue weighted by molar-refractivity contribution is 7.18. The average molecular weight is 430 g/mol. The van der Waals surface area contributed by atoms with Crippen LogP contribution in [0.2, 0.25) is 0 Å². The van der Waals surface area contributed by atoms with E-state index in [4.69, 9.17) is 10.00 Å². The van der Waals surface area contributed by atoms with Crippen molar-refractivity contribution in [1.82, 2.24) is 15.6 Å². The number of benzene rings is 2. The van der Waals surface area contributed by atoms with E-state index in [2.05, 4.69) is 15.6 Å². The number of fused-ring (bicyclic) bond motifs is 1. The van der Waals surface area contributed by atoms with E-state index in [0.29, 0.717) is 32.1 Å². The fourth-order valence-corrected chi connectivity index (χ4v) is 3.75. The summed E-state index contributed by atoms with van der Waals surface area (Å²) in [6.45, 7) is -0.375. The highest BCUT2D eigenvalue weighted by Crippen LogP contribution is 2.36. The minimum Gasteiger partial charge on any atom is -0.496 e. The molecule has 3 aromatic rings. The number of hydrogen-bond acceptors (Lipinski definition) is 6. The Balaban J connectivity index is 1.80. The average Bonchev–Trinajstić information content (AvgIpc) is 3.09. The van der Waals surface area contributed by atoms with Crippen LogP contribution in [0.3, 0.4) is 0 Å². The zero-order valence-electron chi connectivity index (χ0n) is 15.8. The number of aromatic nitrogens is 1. The fraction of sp³-hybridized carbons (Fsp3) is 0.200. The normalized spacial score (nSPS) is 10.5. The number of nitrogens with zero attached hydrogens (tertiary/aromatic N) is 2. The molecule has 7 nitrogen and oxygen atoms in total. The number of methoxy groups -OCH3 is 1. The lowest BCUT2D eigenvalue weighted by Gasteiger charge is -2.09. The van der Waals surface area contributed by atoms with E-state index in [1.165, 1.54) is 30.6 Å². The van der Waals surface area contributed by atoms with Crippen molar-refractivity contribution in [2.45, 2.75) is 6.42 Å². The van der Waals surface area contributed by atoms with Crippen molar-refractivity contribution in [2.24, 2.45) is 0 Å². The third-order valence-corrected chi connectivity index (χ3v) is 5.07. The van der Waals surface area contributed by atoms with Crippen LogP contribution in [0.15, 0.2) is 30.3 Å². The maximum absolute atomic E-state index is 13.6. The van der Waals surface area contributed by atoms with Gasteiger partial charge in [0, 0.05) is 17.7 Å². The molecule has 0 unspecified atom stereocenters. The first kappa shape index (κ1) is 21.1. The molecule has 1 heterocycles. The molecular formula is C20H16F2N4O3S. The highest BCUT2D eigenvalue weighted by Gasteiger charge is 2.15. The number of nitriles is 1. The first-order valence-electron chi connectivity index (χ1n) is 8.74. The molecule has 2 amide bonds. The fourth-order valence-electron chi connectivity index (χ4n) is 2.76. The number of ether oxygens (including phenoxy) is 1. The summed E-state index contributed by atoms with van der Waals surface area (Å²) in [6.07, 6.45) is -0.0445. The predicted octanol–water partition coefficient (Wildman–Crippen LogP) is 2.55. The van der Waals surface area contributed by atoms with Gasteiger partial charge in [-0.3, -0.25) is 9.59 Å². The quantitative estimate of drug-likeness (QED) is 0.561. The third kappa shape index (κ3) is 5.07. The molecule has 1 aromatic heterocycles. The Labute approximate surface area is 174 Å². The SMILES string of the molecule is COc1cc2nc(CC(=O)NCC(=O)NCC#N)sc2cc1-c1cc(F)cc(F)c1. The van der Waals surface area contributed by atoms with E-state index < -0.39 is 23.4 Å². The molecule has 154 valence electrons. The highest BCUT2D eigenvalue weighted by atomic mass is 32.1. The summed E-state index contributed by atoms with van der Waals surface area (Å²) in [4.78, 5) is 27.9. The number of amides is 2. The van der Waals surface area contributed by atoms with Gasteiger partial charge in [0.05, 0.1) is 36.4 Å². The van der Waals surface area contributed by atoms with E-state index in [0.717, 1.165) is 6.07 Å². The molecular weight excluding hydrogens is 414 g/mol. The van der Waals surface area contributed by atoms with E-state index in [9.17, 15) is 18.4 Å². The Hall–Kier alpha value is -3.58. The second-order valence-corrected chi connectivity index (χ2v) is 7.29. The number of hydrogen-bond donors (Lipinski definition) is 2. The molecule has 0 atom stereocenters. The summed E-state index contributed by atoms with van der Waals surface area (Å²) in [6, 6.07) is 8.32. The van der Waals surface area contributed by atoms with Crippen LogP contribution in [0, 0.1) is 23.0 Å². The minimum atomic E-state index is -0.701. The molecule has 0 aliphatic carbocycles. The van der Waals surface area contributed by atoms with Gasteiger partial charge in [-0.1, -0.05) is 0 Å². The second-order valence-electron chi connectivity index (χ2n) is 6.17. The topological polar surface area (TPSA) is 104 Å². The van der Waals surface area contributed by atoms with Crippen LogP contribution >= 0.6 is 11.3 Å². The maximum Gasteiger partial charge on any atom is 0.240 e. The number of carbonyl (C=O) groups is 2. The maximum atomic E-state index is 13.6. The Morgan fingerprint density at radius 3 is 2.53 bits per heavy atom. The molecule has 0 aliphatic rings. The van der Waals surface area contributed by atoms with Gasteiger partial charge in [0.15, 0.2) is 0 Å². The lowest BCUT2D eigenvalue weighted by atomic mass is 10.0. The standard InChI is InChI=1S/C20H16F2N4O3S/c1-29-16-8-15-17(7-14(16)11-4-12(21)6-13(22)5-11)30-20(26-15)9-18(27)25-10-19(28)24-3-2-23/h4-8H,3,9-10H2,1H3,(H,24,28)(H,25,27). The summed E-state index contributed by atoms with van der Waals surface area (Å²) < 4.78 is 33.3. The van der Waals surface area contributed by atoms with Crippen LogP contribution in [0.1, 0.15) is 5.01 Å². The zero-order valence-corrected chi connectivity index (χ0v) is 16.6. The molecule has 0 fully saturated rings. The Morgan fingerprint density at radius 2 is 1.87 bits per heavy atom. The van der Waals surface area contributed by atoms with Gasteiger partial charge >= 0.3 is 0 Å². The Kier molecular flexibility index (Phi) is 6.54. The number of rotatable bonds is 7. The number of nitrogens with one attached hydrogen (secondary N) is 2. The van der Waals surface area contributed by atoms with Crippen LogP contribution in [0.4, 0.5) is 8.78 Å². The summed E-state index contributed by atoms with van der Waals surface area (Å²) in [5, 5.41) is 13.7. The number of halogens is 2. The molecule has 2 N–H and O–H groups in total. The van der Waals surface area contributed by atoms with Gasteiger partial charge in [-0.15, -0.1) is 11.3 Å².